The number of imidazole rings is 1. The van der Waals surface area contributed by atoms with E-state index >= 15 is 0 Å². The van der Waals surface area contributed by atoms with E-state index in [1.165, 1.54) is 18.3 Å². The maximum atomic E-state index is 10.6. The number of anilines is 1. The molecule has 1 N–H and O–H groups in total. The Morgan fingerprint density at radius 2 is 2.29 bits per heavy atom. The van der Waals surface area contributed by atoms with Crippen molar-refractivity contribution in [2.24, 2.45) is 7.05 Å². The molecule has 0 bridgehead atoms. The quantitative estimate of drug-likeness (QED) is 0.636. The van der Waals surface area contributed by atoms with Gasteiger partial charge < -0.3 is 9.88 Å². The Kier molecular flexibility index (Phi) is 2.99. The molecule has 7 nitrogen and oxygen atoms in total. The second kappa shape index (κ2) is 4.60. The lowest BCUT2D eigenvalue weighted by Gasteiger charge is -2.04. The monoisotopic (exact) mass is 233 g/mol. The van der Waals surface area contributed by atoms with Crippen molar-refractivity contribution in [1.29, 1.82) is 0 Å². The van der Waals surface area contributed by atoms with E-state index < -0.39 is 4.92 Å². The molecule has 7 heteroatoms. The molecule has 2 rings (SSSR count). The van der Waals surface area contributed by atoms with Gasteiger partial charge in [0.25, 0.3) is 5.69 Å². The number of aromatic nitrogens is 3. The van der Waals surface area contributed by atoms with Crippen molar-refractivity contribution in [2.75, 3.05) is 5.32 Å². The minimum absolute atomic E-state index is 0.0161. The average molecular weight is 233 g/mol. The first kappa shape index (κ1) is 11.1. The molecular formula is C10H11N5O2. The van der Waals surface area contributed by atoms with E-state index in [2.05, 4.69) is 15.3 Å². The average Bonchev–Trinajstić information content (AvgIpc) is 2.72. The van der Waals surface area contributed by atoms with Crippen LogP contribution >= 0.6 is 0 Å². The van der Waals surface area contributed by atoms with Gasteiger partial charge in [-0.3, -0.25) is 10.1 Å². The van der Waals surface area contributed by atoms with E-state index in [-0.39, 0.29) is 5.69 Å². The number of rotatable bonds is 4. The Morgan fingerprint density at radius 1 is 1.47 bits per heavy atom. The molecule has 0 aliphatic heterocycles. The van der Waals surface area contributed by atoms with Crippen molar-refractivity contribution in [3.8, 4) is 0 Å². The van der Waals surface area contributed by atoms with Gasteiger partial charge in [0.15, 0.2) is 0 Å². The highest BCUT2D eigenvalue weighted by Crippen LogP contribution is 2.14. The molecule has 2 heterocycles. The van der Waals surface area contributed by atoms with Crippen LogP contribution in [0.15, 0.2) is 30.7 Å². The molecule has 0 amide bonds. The number of pyridine rings is 1. The highest BCUT2D eigenvalue weighted by Gasteiger charge is 2.07. The summed E-state index contributed by atoms with van der Waals surface area (Å²) >= 11 is 0. The summed E-state index contributed by atoms with van der Waals surface area (Å²) in [5.74, 6) is 1.29. The Bertz CT molecular complexity index is 537. The zero-order chi connectivity index (χ0) is 12.3. The lowest BCUT2D eigenvalue weighted by Crippen LogP contribution is -2.06. The van der Waals surface area contributed by atoms with Crippen molar-refractivity contribution < 1.29 is 4.92 Å². The standard InChI is InChI=1S/C10H11N5O2/c1-14-5-4-12-10(14)7-13-9-6-8(15(16)17)2-3-11-9/h2-6H,7H2,1H3,(H,11,13). The first-order valence-corrected chi connectivity index (χ1v) is 4.97. The van der Waals surface area contributed by atoms with Crippen LogP contribution in [0.1, 0.15) is 5.82 Å². The number of nitrogens with zero attached hydrogens (tertiary/aromatic N) is 4. The van der Waals surface area contributed by atoms with Crippen molar-refractivity contribution in [2.45, 2.75) is 6.54 Å². The molecule has 0 aliphatic rings. The summed E-state index contributed by atoms with van der Waals surface area (Å²) in [6, 6.07) is 2.74. The van der Waals surface area contributed by atoms with Gasteiger partial charge in [0.2, 0.25) is 0 Å². The van der Waals surface area contributed by atoms with Gasteiger partial charge in [-0.05, 0) is 0 Å². The van der Waals surface area contributed by atoms with Gasteiger partial charge >= 0.3 is 0 Å². The van der Waals surface area contributed by atoms with Gasteiger partial charge in [0.1, 0.15) is 11.6 Å². The van der Waals surface area contributed by atoms with Crippen molar-refractivity contribution >= 4 is 11.5 Å². The Hall–Kier alpha value is -2.44. The lowest BCUT2D eigenvalue weighted by atomic mass is 10.4. The smallest absolute Gasteiger partial charge is 0.274 e. The molecule has 88 valence electrons. The van der Waals surface area contributed by atoms with Crippen LogP contribution in [0.3, 0.4) is 0 Å². The molecule has 0 spiro atoms. The maximum Gasteiger partial charge on any atom is 0.274 e. The minimum Gasteiger partial charge on any atom is -0.363 e. The van der Waals surface area contributed by atoms with Crippen molar-refractivity contribution in [3.63, 3.8) is 0 Å². The van der Waals surface area contributed by atoms with E-state index in [1.54, 1.807) is 6.20 Å². The van der Waals surface area contributed by atoms with Crippen LogP contribution in [0.5, 0.6) is 0 Å². The lowest BCUT2D eigenvalue weighted by molar-refractivity contribution is -0.384. The van der Waals surface area contributed by atoms with Crippen LogP contribution in [0, 0.1) is 10.1 Å². The minimum atomic E-state index is -0.451. The van der Waals surface area contributed by atoms with E-state index in [0.717, 1.165) is 5.82 Å². The molecule has 0 saturated heterocycles. The molecule has 0 unspecified atom stereocenters. The summed E-state index contributed by atoms with van der Waals surface area (Å²) in [5.41, 5.74) is 0.0161. The predicted octanol–water partition coefficient (Wildman–Crippen LogP) is 1.34. The molecule has 0 atom stereocenters. The van der Waals surface area contributed by atoms with Crippen molar-refractivity contribution in [1.82, 2.24) is 14.5 Å². The van der Waals surface area contributed by atoms with Gasteiger partial charge in [-0.2, -0.15) is 0 Å². The van der Waals surface area contributed by atoms with Crippen LogP contribution in [-0.4, -0.2) is 19.5 Å². The largest absolute Gasteiger partial charge is 0.363 e. The van der Waals surface area contributed by atoms with E-state index in [4.69, 9.17) is 0 Å². The summed E-state index contributed by atoms with van der Waals surface area (Å²) < 4.78 is 1.87. The summed E-state index contributed by atoms with van der Waals surface area (Å²) in [6.45, 7) is 0.470. The van der Waals surface area contributed by atoms with E-state index in [9.17, 15) is 10.1 Å². The first-order chi connectivity index (χ1) is 8.16. The number of nitro groups is 1. The highest BCUT2D eigenvalue weighted by atomic mass is 16.6. The Balaban J connectivity index is 2.07. The molecule has 0 fully saturated rings. The molecule has 17 heavy (non-hydrogen) atoms. The van der Waals surface area contributed by atoms with Crippen LogP contribution in [-0.2, 0) is 13.6 Å². The fourth-order valence-corrected chi connectivity index (χ4v) is 1.37. The highest BCUT2D eigenvalue weighted by molar-refractivity contribution is 5.44. The Morgan fingerprint density at radius 3 is 2.94 bits per heavy atom. The zero-order valence-corrected chi connectivity index (χ0v) is 9.20. The number of nitrogens with one attached hydrogen (secondary N) is 1. The number of hydrogen-bond acceptors (Lipinski definition) is 5. The molecule has 0 radical (unpaired) electrons. The fraction of sp³-hybridized carbons (Fsp3) is 0.200. The molecule has 2 aromatic rings. The van der Waals surface area contributed by atoms with Gasteiger partial charge in [-0.15, -0.1) is 0 Å². The summed E-state index contributed by atoms with van der Waals surface area (Å²) in [6.07, 6.45) is 4.93. The fourth-order valence-electron chi connectivity index (χ4n) is 1.37. The second-order valence-corrected chi connectivity index (χ2v) is 3.46. The molecule has 2 aromatic heterocycles. The molecular weight excluding hydrogens is 222 g/mol. The third-order valence-electron chi connectivity index (χ3n) is 2.30. The van der Waals surface area contributed by atoms with Crippen LogP contribution < -0.4 is 5.32 Å². The van der Waals surface area contributed by atoms with Gasteiger partial charge in [0.05, 0.1) is 17.5 Å². The molecule has 0 aromatic carbocycles. The Labute approximate surface area is 97.3 Å². The van der Waals surface area contributed by atoms with Gasteiger partial charge in [-0.25, -0.2) is 9.97 Å². The third kappa shape index (κ3) is 2.57. The van der Waals surface area contributed by atoms with Crippen molar-refractivity contribution in [3.05, 3.63) is 46.7 Å². The van der Waals surface area contributed by atoms with Crippen LogP contribution in [0.4, 0.5) is 11.5 Å². The number of hydrogen-bond donors (Lipinski definition) is 1. The molecule has 0 aliphatic carbocycles. The van der Waals surface area contributed by atoms with Crippen LogP contribution in [0.25, 0.3) is 0 Å². The van der Waals surface area contributed by atoms with E-state index in [0.29, 0.717) is 12.4 Å². The third-order valence-corrected chi connectivity index (χ3v) is 2.30. The predicted molar refractivity (Wildman–Crippen MR) is 61.4 cm³/mol. The summed E-state index contributed by atoms with van der Waals surface area (Å²) in [7, 11) is 1.88. The summed E-state index contributed by atoms with van der Waals surface area (Å²) in [4.78, 5) is 18.2. The maximum absolute atomic E-state index is 10.6. The zero-order valence-electron chi connectivity index (χ0n) is 9.20. The number of aryl methyl sites for hydroxylation is 1. The van der Waals surface area contributed by atoms with Crippen LogP contribution in [0.2, 0.25) is 0 Å². The molecule has 0 saturated carbocycles. The van der Waals surface area contributed by atoms with E-state index in [1.807, 2.05) is 17.8 Å². The van der Waals surface area contributed by atoms with Gasteiger partial charge in [-0.1, -0.05) is 0 Å². The normalized spacial score (nSPS) is 10.2. The van der Waals surface area contributed by atoms with Gasteiger partial charge in [0, 0.05) is 31.7 Å². The first-order valence-electron chi connectivity index (χ1n) is 4.97. The SMILES string of the molecule is Cn1ccnc1CNc1cc([N+](=O)[O-])ccn1. The summed E-state index contributed by atoms with van der Waals surface area (Å²) in [5, 5.41) is 13.6. The topological polar surface area (TPSA) is 85.9 Å². The second-order valence-electron chi connectivity index (χ2n) is 3.46.